The molecule has 0 unspecified atom stereocenters. The van der Waals surface area contributed by atoms with E-state index in [0.29, 0.717) is 13.0 Å². The third kappa shape index (κ3) is 16.8. The van der Waals surface area contributed by atoms with E-state index in [0.717, 1.165) is 38.9 Å². The van der Waals surface area contributed by atoms with Crippen molar-refractivity contribution in [3.05, 3.63) is 0 Å². The van der Waals surface area contributed by atoms with Crippen molar-refractivity contribution in [3.63, 3.8) is 0 Å². The van der Waals surface area contributed by atoms with Crippen LogP contribution in [-0.4, -0.2) is 38.0 Å². The van der Waals surface area contributed by atoms with Crippen molar-refractivity contribution in [3.8, 4) is 0 Å². The van der Waals surface area contributed by atoms with Crippen molar-refractivity contribution in [2.75, 3.05) is 26.2 Å². The lowest BCUT2D eigenvalue weighted by Gasteiger charge is -2.06. The normalized spacial score (nSPS) is 10.4. The number of carbonyl (C=O) groups excluding carboxylic acids is 1. The minimum Gasteiger partial charge on any atom is -0.370 e. The summed E-state index contributed by atoms with van der Waals surface area (Å²) in [6, 6.07) is 0. The molecule has 0 aliphatic heterocycles. The number of nitrogens with zero attached hydrogens (tertiary/aromatic N) is 1. The maximum atomic E-state index is 11.6. The number of rotatable bonds is 15. The van der Waals surface area contributed by atoms with Crippen LogP contribution >= 0.6 is 0 Å². The molecule has 0 rings (SSSR count). The molecule has 0 saturated heterocycles. The van der Waals surface area contributed by atoms with Gasteiger partial charge in [-0.1, -0.05) is 39.0 Å². The molecule has 22 heavy (non-hydrogen) atoms. The predicted octanol–water partition coefficient (Wildman–Crippen LogP) is 1.50. The fourth-order valence-corrected chi connectivity index (χ4v) is 2.13. The summed E-state index contributed by atoms with van der Waals surface area (Å²) in [6.45, 7) is 5.41. The Bertz CT molecular complexity index is 290. The third-order valence-electron chi connectivity index (χ3n) is 3.42. The van der Waals surface area contributed by atoms with E-state index in [1.54, 1.807) is 0 Å². The molecule has 6 nitrogen and oxygen atoms in total. The summed E-state index contributed by atoms with van der Waals surface area (Å²) >= 11 is 0. The molecule has 0 saturated carbocycles. The number of amides is 1. The second-order valence-electron chi connectivity index (χ2n) is 5.63. The molecule has 1 amide bonds. The number of guanidine groups is 1. The molecule has 0 aliphatic carbocycles. The number of unbranched alkanes of at least 4 members (excludes halogenated alkanes) is 5. The van der Waals surface area contributed by atoms with Crippen molar-refractivity contribution in [1.29, 1.82) is 0 Å². The Kier molecular flexibility index (Phi) is 15.1. The van der Waals surface area contributed by atoms with Gasteiger partial charge in [-0.15, -0.1) is 0 Å². The zero-order chi connectivity index (χ0) is 16.5. The molecule has 0 aromatic rings. The van der Waals surface area contributed by atoms with Crippen molar-refractivity contribution in [1.82, 2.24) is 10.6 Å². The predicted molar refractivity (Wildman–Crippen MR) is 93.8 cm³/mol. The first-order valence-corrected chi connectivity index (χ1v) is 8.69. The molecule has 0 spiro atoms. The van der Waals surface area contributed by atoms with Crippen LogP contribution in [0.5, 0.6) is 0 Å². The van der Waals surface area contributed by atoms with Crippen LogP contribution in [0.25, 0.3) is 0 Å². The van der Waals surface area contributed by atoms with Gasteiger partial charge < -0.3 is 22.1 Å². The van der Waals surface area contributed by atoms with Gasteiger partial charge in [-0.3, -0.25) is 9.79 Å². The highest BCUT2D eigenvalue weighted by Gasteiger charge is 2.00. The fraction of sp³-hybridized carbons (Fsp3) is 0.875. The number of carbonyl (C=O) groups is 1. The van der Waals surface area contributed by atoms with Gasteiger partial charge in [-0.25, -0.2) is 0 Å². The summed E-state index contributed by atoms with van der Waals surface area (Å²) in [7, 11) is 0. The number of hydrogen-bond acceptors (Lipinski definition) is 3. The fourth-order valence-electron chi connectivity index (χ4n) is 2.13. The smallest absolute Gasteiger partial charge is 0.219 e. The van der Waals surface area contributed by atoms with Crippen molar-refractivity contribution >= 4 is 11.9 Å². The Morgan fingerprint density at radius 2 is 1.59 bits per heavy atom. The lowest BCUT2D eigenvalue weighted by atomic mass is 10.1. The summed E-state index contributed by atoms with van der Waals surface area (Å²) in [4.78, 5) is 15.5. The van der Waals surface area contributed by atoms with E-state index >= 15 is 0 Å². The minimum atomic E-state index is 0.146. The molecule has 0 radical (unpaired) electrons. The first-order valence-electron chi connectivity index (χ1n) is 8.69. The number of nitrogens with two attached hydrogens (primary N) is 2. The van der Waals surface area contributed by atoms with E-state index in [2.05, 4.69) is 22.5 Å². The molecule has 6 N–H and O–H groups in total. The highest BCUT2D eigenvalue weighted by molar-refractivity contribution is 5.75. The van der Waals surface area contributed by atoms with E-state index in [9.17, 15) is 4.79 Å². The molecule has 0 atom stereocenters. The molecule has 0 aromatic heterocycles. The number of hydrogen-bond donors (Lipinski definition) is 4. The maximum absolute atomic E-state index is 11.6. The highest BCUT2D eigenvalue weighted by Crippen LogP contribution is 2.06. The average Bonchev–Trinajstić information content (AvgIpc) is 2.48. The van der Waals surface area contributed by atoms with Crippen LogP contribution in [0.2, 0.25) is 0 Å². The van der Waals surface area contributed by atoms with Gasteiger partial charge in [0.1, 0.15) is 0 Å². The van der Waals surface area contributed by atoms with Crippen molar-refractivity contribution in [2.45, 2.75) is 64.7 Å². The summed E-state index contributed by atoms with van der Waals surface area (Å²) in [6.07, 6.45) is 9.85. The Morgan fingerprint density at radius 1 is 0.909 bits per heavy atom. The van der Waals surface area contributed by atoms with E-state index in [-0.39, 0.29) is 11.9 Å². The Morgan fingerprint density at radius 3 is 2.32 bits per heavy atom. The average molecular weight is 313 g/mol. The maximum Gasteiger partial charge on any atom is 0.219 e. The van der Waals surface area contributed by atoms with Gasteiger partial charge in [0, 0.05) is 19.5 Å². The van der Waals surface area contributed by atoms with Gasteiger partial charge in [0.2, 0.25) is 5.91 Å². The summed E-state index contributed by atoms with van der Waals surface area (Å²) < 4.78 is 0. The zero-order valence-electron chi connectivity index (χ0n) is 14.2. The summed E-state index contributed by atoms with van der Waals surface area (Å²) in [5.41, 5.74) is 10.5. The Labute approximate surface area is 135 Å². The molecule has 0 aliphatic rings. The minimum absolute atomic E-state index is 0.146. The van der Waals surface area contributed by atoms with Gasteiger partial charge in [0.05, 0.1) is 0 Å². The lowest BCUT2D eigenvalue weighted by molar-refractivity contribution is -0.121. The van der Waals surface area contributed by atoms with Crippen LogP contribution in [0.1, 0.15) is 64.7 Å². The molecule has 0 bridgehead atoms. The molecule has 0 heterocycles. The molecular weight excluding hydrogens is 278 g/mol. The quantitative estimate of drug-likeness (QED) is 0.209. The molecule has 130 valence electrons. The van der Waals surface area contributed by atoms with Crippen LogP contribution in [0.3, 0.4) is 0 Å². The summed E-state index contributed by atoms with van der Waals surface area (Å²) in [5, 5.41) is 6.27. The molecule has 6 heteroatoms. The van der Waals surface area contributed by atoms with Crippen molar-refractivity contribution < 1.29 is 4.79 Å². The van der Waals surface area contributed by atoms with Gasteiger partial charge in [0.25, 0.3) is 0 Å². The number of nitrogens with one attached hydrogen (secondary N) is 2. The van der Waals surface area contributed by atoms with Crippen molar-refractivity contribution in [2.24, 2.45) is 16.5 Å². The van der Waals surface area contributed by atoms with Gasteiger partial charge in [-0.05, 0) is 32.4 Å². The summed E-state index contributed by atoms with van der Waals surface area (Å²) in [5.74, 6) is 0.330. The SMILES string of the molecule is CCCCCCCCC(=O)NCCCNCCCN=C(N)N. The highest BCUT2D eigenvalue weighted by atomic mass is 16.1. The topological polar surface area (TPSA) is 106 Å². The molecule has 0 fully saturated rings. The monoisotopic (exact) mass is 313 g/mol. The van der Waals surface area contributed by atoms with E-state index in [4.69, 9.17) is 11.5 Å². The lowest BCUT2D eigenvalue weighted by Crippen LogP contribution is -2.27. The molecular formula is C16H35N5O. The van der Waals surface area contributed by atoms with E-state index in [1.165, 1.54) is 32.1 Å². The van der Waals surface area contributed by atoms with Crippen LogP contribution in [0.15, 0.2) is 4.99 Å². The standard InChI is InChI=1S/C16H35N5O/c1-2-3-4-5-6-7-10-15(22)20-13-8-11-19-12-9-14-21-16(17)18/h19H,2-14H2,1H3,(H,20,22)(H4,17,18,21). The van der Waals surface area contributed by atoms with Gasteiger partial charge >= 0.3 is 0 Å². The van der Waals surface area contributed by atoms with Gasteiger partial charge in [-0.2, -0.15) is 0 Å². The Hall–Kier alpha value is -1.30. The van der Waals surface area contributed by atoms with E-state index < -0.39 is 0 Å². The van der Waals surface area contributed by atoms with Crippen LogP contribution in [0.4, 0.5) is 0 Å². The first kappa shape index (κ1) is 20.7. The van der Waals surface area contributed by atoms with Crippen LogP contribution in [0, 0.1) is 0 Å². The zero-order valence-corrected chi connectivity index (χ0v) is 14.2. The first-order chi connectivity index (χ1) is 10.7. The second-order valence-corrected chi connectivity index (χ2v) is 5.63. The van der Waals surface area contributed by atoms with Gasteiger partial charge in [0.15, 0.2) is 5.96 Å². The Balaban J connectivity index is 3.20. The second kappa shape index (κ2) is 16.1. The van der Waals surface area contributed by atoms with Crippen LogP contribution in [-0.2, 0) is 4.79 Å². The largest absolute Gasteiger partial charge is 0.370 e. The number of aliphatic imine (C=N–C) groups is 1. The van der Waals surface area contributed by atoms with Crippen LogP contribution < -0.4 is 22.1 Å². The van der Waals surface area contributed by atoms with E-state index in [1.807, 2.05) is 0 Å². The molecule has 0 aromatic carbocycles. The third-order valence-corrected chi connectivity index (χ3v) is 3.42.